The molecule has 0 aliphatic carbocycles. The van der Waals surface area contributed by atoms with E-state index in [9.17, 15) is 4.79 Å². The Kier molecular flexibility index (Phi) is 3.75. The van der Waals surface area contributed by atoms with Crippen molar-refractivity contribution in [3.05, 3.63) is 45.1 Å². The van der Waals surface area contributed by atoms with Crippen molar-refractivity contribution in [3.8, 4) is 0 Å². The third kappa shape index (κ3) is 2.93. The van der Waals surface area contributed by atoms with E-state index >= 15 is 0 Å². The quantitative estimate of drug-likeness (QED) is 0.813. The van der Waals surface area contributed by atoms with Gasteiger partial charge in [-0.2, -0.15) is 0 Å². The summed E-state index contributed by atoms with van der Waals surface area (Å²) in [5.41, 5.74) is 1.77. The van der Waals surface area contributed by atoms with Gasteiger partial charge in [-0.3, -0.25) is 9.78 Å². The molecule has 0 radical (unpaired) electrons. The number of aromatic nitrogens is 1. The molecule has 1 aliphatic rings. The predicted octanol–water partition coefficient (Wildman–Crippen LogP) is 3.23. The summed E-state index contributed by atoms with van der Waals surface area (Å²) in [4.78, 5) is 20.4. The van der Waals surface area contributed by atoms with E-state index in [1.54, 1.807) is 29.1 Å². The zero-order valence-electron chi connectivity index (χ0n) is 10.4. The lowest BCUT2D eigenvalue weighted by atomic mass is 10.1. The first-order valence-electron chi connectivity index (χ1n) is 6.22. The summed E-state index contributed by atoms with van der Waals surface area (Å²) in [6.45, 7) is 1.70. The maximum absolute atomic E-state index is 12.1. The van der Waals surface area contributed by atoms with Crippen molar-refractivity contribution in [1.82, 2.24) is 9.88 Å². The number of likely N-dealkylation sites (tertiary alicyclic amines) is 1. The minimum absolute atomic E-state index is 0.104. The number of rotatable bonds is 3. The highest BCUT2D eigenvalue weighted by atomic mass is 32.1. The Balaban J connectivity index is 1.60. The molecule has 2 aromatic heterocycles. The van der Waals surface area contributed by atoms with E-state index in [0.717, 1.165) is 24.4 Å². The van der Waals surface area contributed by atoms with Crippen LogP contribution < -0.4 is 0 Å². The van der Waals surface area contributed by atoms with Crippen LogP contribution in [0.3, 0.4) is 0 Å². The largest absolute Gasteiger partial charge is 0.338 e. The molecule has 1 fully saturated rings. The van der Waals surface area contributed by atoms with Gasteiger partial charge in [0.05, 0.1) is 5.51 Å². The van der Waals surface area contributed by atoms with Crippen LogP contribution in [0.1, 0.15) is 22.1 Å². The fourth-order valence-electron chi connectivity index (χ4n) is 2.28. The molecule has 19 heavy (non-hydrogen) atoms. The van der Waals surface area contributed by atoms with E-state index < -0.39 is 0 Å². The number of thiophene rings is 1. The van der Waals surface area contributed by atoms with E-state index in [1.165, 1.54) is 16.2 Å². The van der Waals surface area contributed by atoms with Crippen molar-refractivity contribution in [2.45, 2.75) is 12.3 Å². The number of nitrogens with zero attached hydrogens (tertiary/aromatic N) is 2. The lowest BCUT2D eigenvalue weighted by Crippen LogP contribution is -2.26. The summed E-state index contributed by atoms with van der Waals surface area (Å²) < 4.78 is 0. The molecule has 1 aliphatic heterocycles. The van der Waals surface area contributed by atoms with Crippen molar-refractivity contribution >= 4 is 34.7 Å². The molecule has 3 nitrogen and oxygen atoms in total. The third-order valence-corrected chi connectivity index (χ3v) is 5.06. The summed E-state index contributed by atoms with van der Waals surface area (Å²) in [5, 5.41) is 2.10. The maximum Gasteiger partial charge on any atom is 0.246 e. The Labute approximate surface area is 120 Å². The first kappa shape index (κ1) is 12.6. The van der Waals surface area contributed by atoms with Gasteiger partial charge in [0.1, 0.15) is 0 Å². The Hall–Kier alpha value is -1.46. The van der Waals surface area contributed by atoms with Crippen LogP contribution in [0.4, 0.5) is 0 Å². The van der Waals surface area contributed by atoms with Crippen molar-refractivity contribution in [2.75, 3.05) is 13.1 Å². The van der Waals surface area contributed by atoms with Crippen molar-refractivity contribution < 1.29 is 4.79 Å². The molecule has 0 bridgehead atoms. The number of hydrogen-bond donors (Lipinski definition) is 0. The molecule has 0 spiro atoms. The second-order valence-corrected chi connectivity index (χ2v) is 6.42. The summed E-state index contributed by atoms with van der Waals surface area (Å²) >= 11 is 3.32. The summed E-state index contributed by atoms with van der Waals surface area (Å²) in [6, 6.07) is 4.24. The zero-order chi connectivity index (χ0) is 13.1. The zero-order valence-corrected chi connectivity index (χ0v) is 12.0. The number of hydrogen-bond acceptors (Lipinski definition) is 4. The molecule has 3 rings (SSSR count). The van der Waals surface area contributed by atoms with Gasteiger partial charge in [-0.1, -0.05) is 6.07 Å². The Morgan fingerprint density at radius 3 is 3.16 bits per heavy atom. The van der Waals surface area contributed by atoms with Crippen LogP contribution in [0.2, 0.25) is 0 Å². The smallest absolute Gasteiger partial charge is 0.246 e. The van der Waals surface area contributed by atoms with Crippen molar-refractivity contribution in [3.63, 3.8) is 0 Å². The van der Waals surface area contributed by atoms with E-state index in [-0.39, 0.29) is 5.91 Å². The average Bonchev–Trinajstić information content (AvgIpc) is 3.14. The number of thiazole rings is 1. The Morgan fingerprint density at radius 2 is 2.42 bits per heavy atom. The topological polar surface area (TPSA) is 33.2 Å². The molecule has 0 saturated carbocycles. The maximum atomic E-state index is 12.1. The molecule has 5 heteroatoms. The number of amides is 1. The Bertz CT molecular complexity index is 560. The highest BCUT2D eigenvalue weighted by Gasteiger charge is 2.26. The van der Waals surface area contributed by atoms with Gasteiger partial charge in [-0.25, -0.2) is 0 Å². The van der Waals surface area contributed by atoms with Crippen LogP contribution in [0.15, 0.2) is 35.3 Å². The van der Waals surface area contributed by atoms with Gasteiger partial charge in [-0.15, -0.1) is 22.7 Å². The molecular formula is C14H14N2OS2. The molecule has 1 unspecified atom stereocenters. The van der Waals surface area contributed by atoms with Crippen molar-refractivity contribution in [1.29, 1.82) is 0 Å². The predicted molar refractivity (Wildman–Crippen MR) is 79.4 cm³/mol. The monoisotopic (exact) mass is 290 g/mol. The third-order valence-electron chi connectivity index (χ3n) is 3.29. The average molecular weight is 290 g/mol. The minimum Gasteiger partial charge on any atom is -0.338 e. The molecule has 1 saturated heterocycles. The molecular weight excluding hydrogens is 276 g/mol. The van der Waals surface area contributed by atoms with E-state index in [0.29, 0.717) is 5.92 Å². The van der Waals surface area contributed by atoms with Gasteiger partial charge >= 0.3 is 0 Å². The van der Waals surface area contributed by atoms with Crippen LogP contribution in [0, 0.1) is 0 Å². The minimum atomic E-state index is 0.104. The summed E-state index contributed by atoms with van der Waals surface area (Å²) in [5.74, 6) is 0.619. The van der Waals surface area contributed by atoms with E-state index in [1.807, 2.05) is 11.0 Å². The van der Waals surface area contributed by atoms with Gasteiger partial charge in [0.15, 0.2) is 0 Å². The second-order valence-electron chi connectivity index (χ2n) is 4.52. The van der Waals surface area contributed by atoms with E-state index in [2.05, 4.69) is 22.5 Å². The van der Waals surface area contributed by atoms with Gasteiger partial charge < -0.3 is 4.90 Å². The van der Waals surface area contributed by atoms with Crippen LogP contribution >= 0.6 is 22.7 Å². The van der Waals surface area contributed by atoms with Crippen LogP contribution in [0.25, 0.3) is 6.08 Å². The molecule has 1 amide bonds. The van der Waals surface area contributed by atoms with Crippen LogP contribution in [0.5, 0.6) is 0 Å². The fourth-order valence-corrected chi connectivity index (χ4v) is 3.65. The SMILES string of the molecule is O=C(/C=C/c1cncs1)N1CCC(c2cccs2)C1. The molecule has 0 aromatic carbocycles. The van der Waals surface area contributed by atoms with Crippen LogP contribution in [-0.4, -0.2) is 28.9 Å². The van der Waals surface area contributed by atoms with Gasteiger partial charge in [0.2, 0.25) is 5.91 Å². The first-order chi connectivity index (χ1) is 9.33. The Morgan fingerprint density at radius 1 is 1.47 bits per heavy atom. The lowest BCUT2D eigenvalue weighted by molar-refractivity contribution is -0.124. The molecule has 2 aromatic rings. The fraction of sp³-hybridized carbons (Fsp3) is 0.286. The van der Waals surface area contributed by atoms with Gasteiger partial charge in [0, 0.05) is 41.0 Å². The molecule has 1 atom stereocenters. The number of carbonyl (C=O) groups excluding carboxylic acids is 1. The number of carbonyl (C=O) groups is 1. The van der Waals surface area contributed by atoms with Crippen LogP contribution in [-0.2, 0) is 4.79 Å². The molecule has 0 N–H and O–H groups in total. The van der Waals surface area contributed by atoms with Crippen molar-refractivity contribution in [2.24, 2.45) is 0 Å². The normalized spacial score (nSPS) is 19.4. The molecule has 98 valence electrons. The highest BCUT2D eigenvalue weighted by Crippen LogP contribution is 2.30. The standard InChI is InChI=1S/C14H14N2OS2/c17-14(4-3-12-8-15-10-19-12)16-6-5-11(9-16)13-2-1-7-18-13/h1-4,7-8,10-11H,5-6,9H2/b4-3+. The second kappa shape index (κ2) is 5.67. The molecule has 3 heterocycles. The highest BCUT2D eigenvalue weighted by molar-refractivity contribution is 7.10. The van der Waals surface area contributed by atoms with E-state index in [4.69, 9.17) is 0 Å². The van der Waals surface area contributed by atoms with Gasteiger partial charge in [0.25, 0.3) is 0 Å². The van der Waals surface area contributed by atoms with Gasteiger partial charge in [-0.05, 0) is 23.9 Å². The summed E-state index contributed by atoms with van der Waals surface area (Å²) in [7, 11) is 0. The first-order valence-corrected chi connectivity index (χ1v) is 7.98. The summed E-state index contributed by atoms with van der Waals surface area (Å²) in [6.07, 6.45) is 6.34. The lowest BCUT2D eigenvalue weighted by Gasteiger charge is -2.13.